The number of aryl methyl sites for hydroxylation is 1. The standard InChI is InChI=1S/C25H23NO3/c1-2-17-8-13-23-21(14-17)22(15-24(27)28)25(26-23)19-9-11-20(12-10-19)29-16-18-6-4-3-5-7-18/h3-14,26H,2,15-16H2,1H3,(H,27,28). The number of carboxylic acid groups (broad SMARTS) is 1. The highest BCUT2D eigenvalue weighted by molar-refractivity contribution is 5.94. The van der Waals surface area contributed by atoms with Crippen LogP contribution in [0, 0.1) is 0 Å². The average Bonchev–Trinajstić information content (AvgIpc) is 3.10. The van der Waals surface area contributed by atoms with Crippen LogP contribution in [0.2, 0.25) is 0 Å². The van der Waals surface area contributed by atoms with Crippen LogP contribution in [0.4, 0.5) is 0 Å². The van der Waals surface area contributed by atoms with E-state index in [1.54, 1.807) is 0 Å². The van der Waals surface area contributed by atoms with E-state index in [0.717, 1.165) is 45.5 Å². The fraction of sp³-hybridized carbons (Fsp3) is 0.160. The average molecular weight is 385 g/mol. The highest BCUT2D eigenvalue weighted by Crippen LogP contribution is 2.32. The first-order valence-electron chi connectivity index (χ1n) is 9.76. The van der Waals surface area contributed by atoms with Crippen molar-refractivity contribution in [1.82, 2.24) is 4.98 Å². The van der Waals surface area contributed by atoms with Crippen molar-refractivity contribution >= 4 is 16.9 Å². The van der Waals surface area contributed by atoms with Crippen molar-refractivity contribution in [3.63, 3.8) is 0 Å². The van der Waals surface area contributed by atoms with E-state index >= 15 is 0 Å². The number of hydrogen-bond acceptors (Lipinski definition) is 2. The van der Waals surface area contributed by atoms with Crippen LogP contribution >= 0.6 is 0 Å². The Bertz CT molecular complexity index is 1130. The van der Waals surface area contributed by atoms with Gasteiger partial charge in [0.15, 0.2) is 0 Å². The molecule has 1 aromatic heterocycles. The molecule has 0 aliphatic carbocycles. The van der Waals surface area contributed by atoms with Crippen LogP contribution in [0.1, 0.15) is 23.6 Å². The molecule has 0 atom stereocenters. The van der Waals surface area contributed by atoms with E-state index in [1.807, 2.05) is 60.7 Å². The lowest BCUT2D eigenvalue weighted by atomic mass is 10.0. The number of ether oxygens (including phenoxy) is 1. The van der Waals surface area contributed by atoms with Gasteiger partial charge in [0.2, 0.25) is 0 Å². The van der Waals surface area contributed by atoms with Crippen LogP contribution in [0.5, 0.6) is 5.75 Å². The smallest absolute Gasteiger partial charge is 0.307 e. The number of benzene rings is 3. The zero-order valence-electron chi connectivity index (χ0n) is 16.3. The van der Waals surface area contributed by atoms with E-state index in [1.165, 1.54) is 5.56 Å². The third kappa shape index (κ3) is 4.16. The van der Waals surface area contributed by atoms with Gasteiger partial charge in [0.05, 0.1) is 12.1 Å². The van der Waals surface area contributed by atoms with Crippen LogP contribution in [-0.2, 0) is 24.2 Å². The molecule has 1 heterocycles. The van der Waals surface area contributed by atoms with Crippen LogP contribution in [0.3, 0.4) is 0 Å². The fourth-order valence-electron chi connectivity index (χ4n) is 3.55. The van der Waals surface area contributed by atoms with Gasteiger partial charge in [0.25, 0.3) is 0 Å². The van der Waals surface area contributed by atoms with Gasteiger partial charge in [0.1, 0.15) is 12.4 Å². The Morgan fingerprint density at radius 2 is 1.72 bits per heavy atom. The number of aromatic amines is 1. The molecule has 0 aliphatic heterocycles. The van der Waals surface area contributed by atoms with Crippen molar-refractivity contribution in [3.05, 3.63) is 89.5 Å². The second-order valence-electron chi connectivity index (χ2n) is 7.08. The van der Waals surface area contributed by atoms with E-state index < -0.39 is 5.97 Å². The number of aliphatic carboxylic acids is 1. The number of fused-ring (bicyclic) bond motifs is 1. The molecular formula is C25H23NO3. The van der Waals surface area contributed by atoms with Gasteiger partial charge >= 0.3 is 5.97 Å². The molecule has 0 aliphatic rings. The van der Waals surface area contributed by atoms with Crippen LogP contribution < -0.4 is 4.74 Å². The molecule has 0 spiro atoms. The summed E-state index contributed by atoms with van der Waals surface area (Å²) in [6, 6.07) is 24.0. The Morgan fingerprint density at radius 3 is 2.41 bits per heavy atom. The zero-order chi connectivity index (χ0) is 20.2. The number of rotatable bonds is 7. The van der Waals surface area contributed by atoms with Crippen LogP contribution in [0.15, 0.2) is 72.8 Å². The summed E-state index contributed by atoms with van der Waals surface area (Å²) in [5, 5.41) is 10.4. The number of aromatic nitrogens is 1. The fourth-order valence-corrected chi connectivity index (χ4v) is 3.55. The second-order valence-corrected chi connectivity index (χ2v) is 7.08. The van der Waals surface area contributed by atoms with Crippen molar-refractivity contribution in [1.29, 1.82) is 0 Å². The van der Waals surface area contributed by atoms with E-state index in [-0.39, 0.29) is 6.42 Å². The summed E-state index contributed by atoms with van der Waals surface area (Å²) in [5.41, 5.74) is 5.88. The Kier molecular flexibility index (Phi) is 5.34. The lowest BCUT2D eigenvalue weighted by Gasteiger charge is -2.08. The minimum absolute atomic E-state index is 0.0191. The van der Waals surface area contributed by atoms with Crippen molar-refractivity contribution in [2.45, 2.75) is 26.4 Å². The third-order valence-electron chi connectivity index (χ3n) is 5.10. The molecule has 0 saturated carbocycles. The van der Waals surface area contributed by atoms with Crippen LogP contribution in [-0.4, -0.2) is 16.1 Å². The first kappa shape index (κ1) is 18.8. The number of carboxylic acids is 1. The number of nitrogens with one attached hydrogen (secondary N) is 1. The maximum Gasteiger partial charge on any atom is 0.307 e. The molecule has 0 saturated heterocycles. The van der Waals surface area contributed by atoms with Gasteiger partial charge in [-0.2, -0.15) is 0 Å². The van der Waals surface area contributed by atoms with E-state index in [2.05, 4.69) is 24.0 Å². The van der Waals surface area contributed by atoms with Crippen molar-refractivity contribution in [2.24, 2.45) is 0 Å². The molecule has 3 aromatic carbocycles. The number of hydrogen-bond donors (Lipinski definition) is 2. The monoisotopic (exact) mass is 385 g/mol. The number of carbonyl (C=O) groups is 1. The SMILES string of the molecule is CCc1ccc2[nH]c(-c3ccc(OCc4ccccc4)cc3)c(CC(=O)O)c2c1. The van der Waals surface area contributed by atoms with Gasteiger partial charge in [-0.15, -0.1) is 0 Å². The predicted octanol–water partition coefficient (Wildman–Crippen LogP) is 5.60. The quantitative estimate of drug-likeness (QED) is 0.435. The summed E-state index contributed by atoms with van der Waals surface area (Å²) in [6.45, 7) is 2.61. The molecule has 0 bridgehead atoms. The van der Waals surface area contributed by atoms with Crippen molar-refractivity contribution in [3.8, 4) is 17.0 Å². The van der Waals surface area contributed by atoms with Gasteiger partial charge in [-0.05, 0) is 65.1 Å². The summed E-state index contributed by atoms with van der Waals surface area (Å²) >= 11 is 0. The Hall–Kier alpha value is -3.53. The van der Waals surface area contributed by atoms with Gasteiger partial charge < -0.3 is 14.8 Å². The van der Waals surface area contributed by atoms with Gasteiger partial charge in [0, 0.05) is 10.9 Å². The molecule has 0 unspecified atom stereocenters. The molecule has 146 valence electrons. The van der Waals surface area contributed by atoms with E-state index in [9.17, 15) is 9.90 Å². The topological polar surface area (TPSA) is 62.3 Å². The summed E-state index contributed by atoms with van der Waals surface area (Å²) in [6.07, 6.45) is 0.894. The molecule has 4 aromatic rings. The molecular weight excluding hydrogens is 362 g/mol. The molecule has 4 heteroatoms. The highest BCUT2D eigenvalue weighted by atomic mass is 16.5. The first-order chi connectivity index (χ1) is 14.1. The summed E-state index contributed by atoms with van der Waals surface area (Å²) in [5.74, 6) is -0.0568. The molecule has 0 fully saturated rings. The molecule has 2 N–H and O–H groups in total. The molecule has 4 rings (SSSR count). The first-order valence-corrected chi connectivity index (χ1v) is 9.76. The highest BCUT2D eigenvalue weighted by Gasteiger charge is 2.16. The Morgan fingerprint density at radius 1 is 0.966 bits per heavy atom. The molecule has 29 heavy (non-hydrogen) atoms. The van der Waals surface area contributed by atoms with Gasteiger partial charge in [-0.3, -0.25) is 4.79 Å². The van der Waals surface area contributed by atoms with Crippen LogP contribution in [0.25, 0.3) is 22.2 Å². The molecule has 0 radical (unpaired) electrons. The molecule has 0 amide bonds. The van der Waals surface area contributed by atoms with Gasteiger partial charge in [-0.1, -0.05) is 43.3 Å². The summed E-state index contributed by atoms with van der Waals surface area (Å²) in [7, 11) is 0. The second kappa shape index (κ2) is 8.23. The van der Waals surface area contributed by atoms with Crippen molar-refractivity contribution < 1.29 is 14.6 Å². The minimum atomic E-state index is -0.836. The van der Waals surface area contributed by atoms with E-state index in [4.69, 9.17) is 4.74 Å². The maximum atomic E-state index is 11.5. The minimum Gasteiger partial charge on any atom is -0.489 e. The maximum absolute atomic E-state index is 11.5. The number of H-pyrrole nitrogens is 1. The normalized spacial score (nSPS) is 10.9. The predicted molar refractivity (Wildman–Crippen MR) is 115 cm³/mol. The summed E-state index contributed by atoms with van der Waals surface area (Å²) in [4.78, 5) is 14.9. The Labute approximate surface area is 169 Å². The zero-order valence-corrected chi connectivity index (χ0v) is 16.3. The molecule has 4 nitrogen and oxygen atoms in total. The lowest BCUT2D eigenvalue weighted by Crippen LogP contribution is -2.01. The third-order valence-corrected chi connectivity index (χ3v) is 5.10. The van der Waals surface area contributed by atoms with E-state index in [0.29, 0.717) is 6.61 Å². The van der Waals surface area contributed by atoms with Gasteiger partial charge in [-0.25, -0.2) is 0 Å². The van der Waals surface area contributed by atoms with Crippen molar-refractivity contribution in [2.75, 3.05) is 0 Å². The largest absolute Gasteiger partial charge is 0.489 e. The Balaban J connectivity index is 1.64. The summed E-state index contributed by atoms with van der Waals surface area (Å²) < 4.78 is 5.86. The lowest BCUT2D eigenvalue weighted by molar-refractivity contribution is -0.136.